The van der Waals surface area contributed by atoms with Crippen LogP contribution in [0.15, 0.2) is 23.3 Å². The molecule has 66 valence electrons. The summed E-state index contributed by atoms with van der Waals surface area (Å²) in [5.41, 5.74) is 1.88. The van der Waals surface area contributed by atoms with Gasteiger partial charge in [-0.05, 0) is 25.3 Å². The molecule has 0 atom stereocenters. The number of hydrogen-bond acceptors (Lipinski definition) is 2. The van der Waals surface area contributed by atoms with Crippen LogP contribution >= 0.6 is 0 Å². The maximum absolute atomic E-state index is 11.3. The average Bonchev–Trinajstić information content (AvgIpc) is 2.51. The molecule has 0 aromatic rings. The van der Waals surface area contributed by atoms with E-state index in [0.717, 1.165) is 24.0 Å². The van der Waals surface area contributed by atoms with Crippen molar-refractivity contribution in [3.8, 4) is 0 Å². The summed E-state index contributed by atoms with van der Waals surface area (Å²) in [7, 11) is 0. The van der Waals surface area contributed by atoms with E-state index >= 15 is 0 Å². The van der Waals surface area contributed by atoms with Gasteiger partial charge >= 0.3 is 5.97 Å². The molecule has 2 nitrogen and oxygen atoms in total. The Bertz CT molecular complexity index is 236. The zero-order chi connectivity index (χ0) is 8.97. The number of allylic oxidation sites excluding steroid dienone is 2. The second-order valence-electron chi connectivity index (χ2n) is 2.66. The van der Waals surface area contributed by atoms with Gasteiger partial charge in [0.05, 0.1) is 12.2 Å². The SMILES string of the molecule is CCOC(=O)C1=CCC=C1CC. The smallest absolute Gasteiger partial charge is 0.338 e. The van der Waals surface area contributed by atoms with E-state index in [-0.39, 0.29) is 5.97 Å². The third kappa shape index (κ3) is 1.76. The average molecular weight is 166 g/mol. The van der Waals surface area contributed by atoms with Crippen LogP contribution in [0.3, 0.4) is 0 Å². The first-order chi connectivity index (χ1) is 5.79. The van der Waals surface area contributed by atoms with E-state index in [1.807, 2.05) is 19.9 Å². The van der Waals surface area contributed by atoms with Crippen molar-refractivity contribution < 1.29 is 9.53 Å². The maximum atomic E-state index is 11.3. The van der Waals surface area contributed by atoms with Crippen molar-refractivity contribution in [1.29, 1.82) is 0 Å². The zero-order valence-corrected chi connectivity index (χ0v) is 7.59. The molecule has 0 fully saturated rings. The van der Waals surface area contributed by atoms with Crippen LogP contribution in [0.1, 0.15) is 26.7 Å². The predicted molar refractivity (Wildman–Crippen MR) is 47.7 cm³/mol. The molecule has 0 aliphatic heterocycles. The molecular weight excluding hydrogens is 152 g/mol. The fraction of sp³-hybridized carbons (Fsp3) is 0.500. The van der Waals surface area contributed by atoms with Gasteiger partial charge in [0.25, 0.3) is 0 Å². The number of rotatable bonds is 3. The molecule has 0 saturated heterocycles. The Kier molecular flexibility index (Phi) is 3.09. The molecule has 0 amide bonds. The number of ether oxygens (including phenoxy) is 1. The van der Waals surface area contributed by atoms with Gasteiger partial charge in [-0.25, -0.2) is 4.79 Å². The fourth-order valence-corrected chi connectivity index (χ4v) is 1.32. The van der Waals surface area contributed by atoms with Gasteiger partial charge in [-0.2, -0.15) is 0 Å². The molecule has 12 heavy (non-hydrogen) atoms. The standard InChI is InChI=1S/C10H14O2/c1-3-8-6-5-7-9(8)10(11)12-4-2/h6-7H,3-5H2,1-2H3. The first kappa shape index (κ1) is 9.04. The van der Waals surface area contributed by atoms with Crippen molar-refractivity contribution in [3.63, 3.8) is 0 Å². The van der Waals surface area contributed by atoms with E-state index in [9.17, 15) is 4.79 Å². The third-order valence-electron chi connectivity index (χ3n) is 1.91. The Morgan fingerprint density at radius 3 is 2.83 bits per heavy atom. The van der Waals surface area contributed by atoms with Crippen LogP contribution in [-0.2, 0) is 9.53 Å². The Morgan fingerprint density at radius 2 is 2.25 bits per heavy atom. The first-order valence-corrected chi connectivity index (χ1v) is 4.36. The third-order valence-corrected chi connectivity index (χ3v) is 1.91. The number of hydrogen-bond donors (Lipinski definition) is 0. The van der Waals surface area contributed by atoms with Gasteiger partial charge in [0.15, 0.2) is 0 Å². The Balaban J connectivity index is 2.64. The Hall–Kier alpha value is -1.05. The monoisotopic (exact) mass is 166 g/mol. The molecule has 0 unspecified atom stereocenters. The van der Waals surface area contributed by atoms with Crippen LogP contribution in [0.4, 0.5) is 0 Å². The number of carbonyl (C=O) groups is 1. The van der Waals surface area contributed by atoms with Crippen LogP contribution in [0.5, 0.6) is 0 Å². The lowest BCUT2D eigenvalue weighted by molar-refractivity contribution is -0.138. The topological polar surface area (TPSA) is 26.3 Å². The highest BCUT2D eigenvalue weighted by atomic mass is 16.5. The molecule has 0 aromatic heterocycles. The van der Waals surface area contributed by atoms with E-state index in [1.165, 1.54) is 0 Å². The summed E-state index contributed by atoms with van der Waals surface area (Å²) < 4.78 is 4.91. The highest BCUT2D eigenvalue weighted by Gasteiger charge is 2.16. The highest BCUT2D eigenvalue weighted by molar-refractivity contribution is 5.94. The van der Waals surface area contributed by atoms with Crippen molar-refractivity contribution in [2.24, 2.45) is 0 Å². The summed E-state index contributed by atoms with van der Waals surface area (Å²) in [6, 6.07) is 0. The lowest BCUT2D eigenvalue weighted by Gasteiger charge is -2.04. The van der Waals surface area contributed by atoms with Crippen LogP contribution < -0.4 is 0 Å². The molecule has 0 aromatic carbocycles. The van der Waals surface area contributed by atoms with E-state index in [1.54, 1.807) is 0 Å². The second kappa shape index (κ2) is 4.10. The van der Waals surface area contributed by atoms with Crippen molar-refractivity contribution in [1.82, 2.24) is 0 Å². The minimum Gasteiger partial charge on any atom is -0.462 e. The van der Waals surface area contributed by atoms with Crippen molar-refractivity contribution in [2.45, 2.75) is 26.7 Å². The summed E-state index contributed by atoms with van der Waals surface area (Å²) in [4.78, 5) is 11.3. The quantitative estimate of drug-likeness (QED) is 0.601. The Morgan fingerprint density at radius 1 is 1.50 bits per heavy atom. The lowest BCUT2D eigenvalue weighted by Crippen LogP contribution is -2.07. The maximum Gasteiger partial charge on any atom is 0.338 e. The number of esters is 1. The molecule has 1 aliphatic carbocycles. The van der Waals surface area contributed by atoms with Gasteiger partial charge in [0.1, 0.15) is 0 Å². The normalized spacial score (nSPS) is 15.5. The molecule has 0 N–H and O–H groups in total. The molecule has 2 heteroatoms. The summed E-state index contributed by atoms with van der Waals surface area (Å²) in [5.74, 6) is -0.178. The van der Waals surface area contributed by atoms with Crippen molar-refractivity contribution in [3.05, 3.63) is 23.3 Å². The molecule has 1 aliphatic rings. The molecule has 0 spiro atoms. The van der Waals surface area contributed by atoms with Gasteiger partial charge in [-0.1, -0.05) is 19.1 Å². The predicted octanol–water partition coefficient (Wildman–Crippen LogP) is 2.22. The molecule has 0 radical (unpaired) electrons. The van der Waals surface area contributed by atoms with Crippen molar-refractivity contribution in [2.75, 3.05) is 6.61 Å². The van der Waals surface area contributed by atoms with Gasteiger partial charge in [-0.15, -0.1) is 0 Å². The van der Waals surface area contributed by atoms with Crippen molar-refractivity contribution >= 4 is 5.97 Å². The lowest BCUT2D eigenvalue weighted by atomic mass is 10.1. The van der Waals surface area contributed by atoms with Gasteiger partial charge in [0, 0.05) is 0 Å². The Labute approximate surface area is 72.9 Å². The summed E-state index contributed by atoms with van der Waals surface area (Å²) in [6.45, 7) is 4.32. The fourth-order valence-electron chi connectivity index (χ4n) is 1.32. The van der Waals surface area contributed by atoms with E-state index in [4.69, 9.17) is 4.74 Å². The first-order valence-electron chi connectivity index (χ1n) is 4.36. The van der Waals surface area contributed by atoms with E-state index in [2.05, 4.69) is 6.08 Å². The van der Waals surface area contributed by atoms with Crippen LogP contribution in [0.25, 0.3) is 0 Å². The zero-order valence-electron chi connectivity index (χ0n) is 7.59. The van der Waals surface area contributed by atoms with E-state index < -0.39 is 0 Å². The van der Waals surface area contributed by atoms with Gasteiger partial charge in [-0.3, -0.25) is 0 Å². The molecule has 0 heterocycles. The molecule has 1 rings (SSSR count). The summed E-state index contributed by atoms with van der Waals surface area (Å²) >= 11 is 0. The van der Waals surface area contributed by atoms with Crippen LogP contribution in [0.2, 0.25) is 0 Å². The van der Waals surface area contributed by atoms with Crippen LogP contribution in [-0.4, -0.2) is 12.6 Å². The molecule has 0 bridgehead atoms. The largest absolute Gasteiger partial charge is 0.462 e. The minimum atomic E-state index is -0.178. The minimum absolute atomic E-state index is 0.178. The summed E-state index contributed by atoms with van der Waals surface area (Å²) in [6.07, 6.45) is 5.78. The highest BCUT2D eigenvalue weighted by Crippen LogP contribution is 2.22. The summed E-state index contributed by atoms with van der Waals surface area (Å²) in [5, 5.41) is 0. The second-order valence-corrected chi connectivity index (χ2v) is 2.66. The van der Waals surface area contributed by atoms with Gasteiger partial charge in [0.2, 0.25) is 0 Å². The van der Waals surface area contributed by atoms with E-state index in [0.29, 0.717) is 6.61 Å². The molecular formula is C10H14O2. The molecule has 0 saturated carbocycles. The van der Waals surface area contributed by atoms with Gasteiger partial charge < -0.3 is 4.74 Å². The van der Waals surface area contributed by atoms with Crippen LogP contribution in [0, 0.1) is 0 Å². The number of carbonyl (C=O) groups excluding carboxylic acids is 1.